The third-order valence-corrected chi connectivity index (χ3v) is 2.96. The first-order valence-electron chi connectivity index (χ1n) is 5.83. The highest BCUT2D eigenvalue weighted by Gasteiger charge is 2.16. The van der Waals surface area contributed by atoms with Crippen molar-refractivity contribution in [3.8, 4) is 5.75 Å². The summed E-state index contributed by atoms with van der Waals surface area (Å²) in [5.41, 5.74) is 1.23. The molecule has 0 bridgehead atoms. The molecule has 0 spiro atoms. The van der Waals surface area contributed by atoms with E-state index in [0.29, 0.717) is 11.1 Å². The number of aromatic hydroxyl groups is 1. The van der Waals surface area contributed by atoms with E-state index < -0.39 is 5.82 Å². The molecule has 2 aromatic carbocycles. The molecular formula is C15H14FNO2. The summed E-state index contributed by atoms with van der Waals surface area (Å²) in [4.78, 5) is 13.5. The lowest BCUT2D eigenvalue weighted by molar-refractivity contribution is 0.0992. The lowest BCUT2D eigenvalue weighted by atomic mass is 10.1. The van der Waals surface area contributed by atoms with Gasteiger partial charge in [-0.3, -0.25) is 4.79 Å². The average molecular weight is 259 g/mol. The third kappa shape index (κ3) is 2.57. The van der Waals surface area contributed by atoms with Crippen LogP contribution in [0.25, 0.3) is 0 Å². The van der Waals surface area contributed by atoms with Crippen LogP contribution in [0.4, 0.5) is 10.1 Å². The van der Waals surface area contributed by atoms with Gasteiger partial charge in [-0.15, -0.1) is 0 Å². The summed E-state index contributed by atoms with van der Waals surface area (Å²) in [5.74, 6) is -0.646. The molecule has 0 aliphatic heterocycles. The summed E-state index contributed by atoms with van der Waals surface area (Å²) < 4.78 is 13.6. The van der Waals surface area contributed by atoms with Gasteiger partial charge in [-0.2, -0.15) is 0 Å². The van der Waals surface area contributed by atoms with Crippen LogP contribution in [0.1, 0.15) is 15.9 Å². The van der Waals surface area contributed by atoms with Crippen molar-refractivity contribution in [2.24, 2.45) is 0 Å². The number of phenolic OH excluding ortho intramolecular Hbond substituents is 1. The topological polar surface area (TPSA) is 40.5 Å². The van der Waals surface area contributed by atoms with Crippen LogP contribution in [0.15, 0.2) is 42.5 Å². The van der Waals surface area contributed by atoms with Gasteiger partial charge < -0.3 is 10.0 Å². The number of hydrogen-bond acceptors (Lipinski definition) is 2. The molecule has 0 heterocycles. The minimum absolute atomic E-state index is 0.130. The molecule has 1 N–H and O–H groups in total. The van der Waals surface area contributed by atoms with Crippen molar-refractivity contribution in [1.82, 2.24) is 0 Å². The number of halogens is 1. The Bertz CT molecular complexity index is 625. The quantitative estimate of drug-likeness (QED) is 0.900. The lowest BCUT2D eigenvalue weighted by Crippen LogP contribution is -2.27. The SMILES string of the molecule is Cc1cc(C(=O)N(C)c2ccccc2F)ccc1O. The van der Waals surface area contributed by atoms with Crippen LogP contribution in [0.2, 0.25) is 0 Å². The van der Waals surface area contributed by atoms with Crippen molar-refractivity contribution < 1.29 is 14.3 Å². The second kappa shape index (κ2) is 5.10. The number of carbonyl (C=O) groups is 1. The van der Waals surface area contributed by atoms with Crippen LogP contribution in [-0.2, 0) is 0 Å². The molecule has 0 saturated heterocycles. The van der Waals surface area contributed by atoms with Gasteiger partial charge >= 0.3 is 0 Å². The molecule has 19 heavy (non-hydrogen) atoms. The summed E-state index contributed by atoms with van der Waals surface area (Å²) in [5, 5.41) is 9.44. The Morgan fingerprint density at radius 3 is 2.53 bits per heavy atom. The van der Waals surface area contributed by atoms with E-state index >= 15 is 0 Å². The molecule has 4 heteroatoms. The number of phenols is 1. The molecule has 2 rings (SSSR count). The van der Waals surface area contributed by atoms with Crippen LogP contribution < -0.4 is 4.90 Å². The maximum Gasteiger partial charge on any atom is 0.258 e. The summed E-state index contributed by atoms with van der Waals surface area (Å²) in [6, 6.07) is 10.6. The number of hydrogen-bond donors (Lipinski definition) is 1. The second-order valence-corrected chi connectivity index (χ2v) is 4.32. The number of amides is 1. The fraction of sp³-hybridized carbons (Fsp3) is 0.133. The number of aryl methyl sites for hydroxylation is 1. The fourth-order valence-corrected chi connectivity index (χ4v) is 1.82. The van der Waals surface area contributed by atoms with E-state index in [1.807, 2.05) is 0 Å². The van der Waals surface area contributed by atoms with Crippen LogP contribution in [0.3, 0.4) is 0 Å². The van der Waals surface area contributed by atoms with Gasteiger partial charge in [0.25, 0.3) is 5.91 Å². The van der Waals surface area contributed by atoms with E-state index in [9.17, 15) is 14.3 Å². The average Bonchev–Trinajstić information content (AvgIpc) is 2.41. The molecular weight excluding hydrogens is 245 g/mol. The first-order valence-corrected chi connectivity index (χ1v) is 5.83. The fourth-order valence-electron chi connectivity index (χ4n) is 1.82. The van der Waals surface area contributed by atoms with Crippen LogP contribution in [0.5, 0.6) is 5.75 Å². The molecule has 2 aromatic rings. The number of benzene rings is 2. The highest BCUT2D eigenvalue weighted by atomic mass is 19.1. The van der Waals surface area contributed by atoms with Gasteiger partial charge in [0, 0.05) is 12.6 Å². The molecule has 0 aromatic heterocycles. The summed E-state index contributed by atoms with van der Waals surface area (Å²) in [7, 11) is 1.52. The van der Waals surface area contributed by atoms with Crippen LogP contribution in [-0.4, -0.2) is 18.1 Å². The largest absolute Gasteiger partial charge is 0.508 e. The summed E-state index contributed by atoms with van der Waals surface area (Å²) in [6.45, 7) is 1.70. The normalized spacial score (nSPS) is 10.3. The van der Waals surface area contributed by atoms with Crippen molar-refractivity contribution in [3.05, 3.63) is 59.4 Å². The number of nitrogens with zero attached hydrogens (tertiary/aromatic N) is 1. The molecule has 0 fully saturated rings. The standard InChI is InChI=1S/C15H14FNO2/c1-10-9-11(7-8-14(10)18)15(19)17(2)13-6-4-3-5-12(13)16/h3-9,18H,1-2H3. The second-order valence-electron chi connectivity index (χ2n) is 4.32. The molecule has 0 radical (unpaired) electrons. The maximum atomic E-state index is 13.6. The van der Waals surface area contributed by atoms with E-state index in [-0.39, 0.29) is 17.3 Å². The first kappa shape index (κ1) is 13.1. The van der Waals surface area contributed by atoms with Gasteiger partial charge in [-0.1, -0.05) is 12.1 Å². The van der Waals surface area contributed by atoms with E-state index in [1.165, 1.54) is 30.1 Å². The monoisotopic (exact) mass is 259 g/mol. The molecule has 0 atom stereocenters. The predicted octanol–water partition coefficient (Wildman–Crippen LogP) is 3.12. The highest BCUT2D eigenvalue weighted by Crippen LogP contribution is 2.22. The smallest absolute Gasteiger partial charge is 0.258 e. The van der Waals surface area contributed by atoms with Crippen molar-refractivity contribution in [2.45, 2.75) is 6.92 Å². The van der Waals surface area contributed by atoms with Gasteiger partial charge in [-0.05, 0) is 42.8 Å². The van der Waals surface area contributed by atoms with Gasteiger partial charge in [0.05, 0.1) is 5.69 Å². The molecule has 0 unspecified atom stereocenters. The number of rotatable bonds is 2. The molecule has 0 aliphatic carbocycles. The van der Waals surface area contributed by atoms with Crippen molar-refractivity contribution in [2.75, 3.05) is 11.9 Å². The van der Waals surface area contributed by atoms with Gasteiger partial charge in [-0.25, -0.2) is 4.39 Å². The van der Waals surface area contributed by atoms with Crippen LogP contribution >= 0.6 is 0 Å². The molecule has 0 saturated carbocycles. The Kier molecular flexibility index (Phi) is 3.51. The molecule has 3 nitrogen and oxygen atoms in total. The first-order chi connectivity index (χ1) is 9.00. The zero-order valence-electron chi connectivity index (χ0n) is 10.7. The summed E-state index contributed by atoms with van der Waals surface area (Å²) in [6.07, 6.45) is 0. The van der Waals surface area contributed by atoms with Crippen molar-refractivity contribution in [3.63, 3.8) is 0 Å². The molecule has 98 valence electrons. The zero-order valence-corrected chi connectivity index (χ0v) is 10.7. The van der Waals surface area contributed by atoms with E-state index in [2.05, 4.69) is 0 Å². The van der Waals surface area contributed by atoms with Crippen LogP contribution in [0, 0.1) is 12.7 Å². The lowest BCUT2D eigenvalue weighted by Gasteiger charge is -2.18. The van der Waals surface area contributed by atoms with E-state index in [1.54, 1.807) is 31.2 Å². The maximum absolute atomic E-state index is 13.6. The molecule has 1 amide bonds. The Labute approximate surface area is 110 Å². The van der Waals surface area contributed by atoms with E-state index in [4.69, 9.17) is 0 Å². The Hall–Kier alpha value is -2.36. The predicted molar refractivity (Wildman–Crippen MR) is 72.0 cm³/mol. The minimum Gasteiger partial charge on any atom is -0.508 e. The molecule has 0 aliphatic rings. The van der Waals surface area contributed by atoms with Crippen molar-refractivity contribution in [1.29, 1.82) is 0 Å². The third-order valence-electron chi connectivity index (χ3n) is 2.96. The number of carbonyl (C=O) groups excluding carboxylic acids is 1. The Morgan fingerprint density at radius 2 is 1.89 bits per heavy atom. The van der Waals surface area contributed by atoms with Crippen molar-refractivity contribution >= 4 is 11.6 Å². The zero-order chi connectivity index (χ0) is 14.0. The van der Waals surface area contributed by atoms with Gasteiger partial charge in [0.1, 0.15) is 11.6 Å². The Balaban J connectivity index is 2.34. The van der Waals surface area contributed by atoms with E-state index in [0.717, 1.165) is 0 Å². The van der Waals surface area contributed by atoms with Gasteiger partial charge in [0.2, 0.25) is 0 Å². The summed E-state index contributed by atoms with van der Waals surface area (Å²) >= 11 is 0. The number of anilines is 1. The minimum atomic E-state index is -0.450. The highest BCUT2D eigenvalue weighted by molar-refractivity contribution is 6.06. The Morgan fingerprint density at radius 1 is 1.21 bits per heavy atom. The number of para-hydroxylation sites is 1. The van der Waals surface area contributed by atoms with Gasteiger partial charge in [0.15, 0.2) is 0 Å².